The van der Waals surface area contributed by atoms with Gasteiger partial charge in [0.05, 0.1) is 0 Å². The standard InChI is InChI=1S/C14H10F3NO4S/c1-8-2-3-10(9-4-5-23-7-9)11(6-8)21-13(20)18-22-12(19)14(15,16)17/h2-7H,1H3,(H,18,20). The summed E-state index contributed by atoms with van der Waals surface area (Å²) in [4.78, 5) is 25.6. The van der Waals surface area contributed by atoms with Crippen LogP contribution in [0, 0.1) is 6.92 Å². The molecule has 0 unspecified atom stereocenters. The van der Waals surface area contributed by atoms with Gasteiger partial charge in [0.25, 0.3) is 0 Å². The molecule has 0 fully saturated rings. The summed E-state index contributed by atoms with van der Waals surface area (Å²) in [7, 11) is 0. The summed E-state index contributed by atoms with van der Waals surface area (Å²) >= 11 is 1.43. The fourth-order valence-electron chi connectivity index (χ4n) is 1.64. The van der Waals surface area contributed by atoms with E-state index in [9.17, 15) is 22.8 Å². The molecule has 0 saturated heterocycles. The van der Waals surface area contributed by atoms with E-state index in [1.165, 1.54) is 22.9 Å². The van der Waals surface area contributed by atoms with Crippen molar-refractivity contribution in [1.82, 2.24) is 5.48 Å². The first-order chi connectivity index (χ1) is 10.8. The maximum absolute atomic E-state index is 12.0. The predicted molar refractivity (Wildman–Crippen MR) is 75.8 cm³/mol. The van der Waals surface area contributed by atoms with Gasteiger partial charge in [-0.15, -0.1) is 5.48 Å². The molecule has 1 N–H and O–H groups in total. The van der Waals surface area contributed by atoms with Crippen LogP contribution in [0.4, 0.5) is 18.0 Å². The molecule has 122 valence electrons. The molecule has 2 aromatic rings. The van der Waals surface area contributed by atoms with E-state index in [2.05, 4.69) is 4.84 Å². The number of nitrogens with one attached hydrogen (secondary N) is 1. The van der Waals surface area contributed by atoms with Gasteiger partial charge in [0.2, 0.25) is 0 Å². The van der Waals surface area contributed by atoms with Crippen molar-refractivity contribution in [3.63, 3.8) is 0 Å². The average molecular weight is 345 g/mol. The molecular weight excluding hydrogens is 335 g/mol. The summed E-state index contributed by atoms with van der Waals surface area (Å²) in [5.41, 5.74) is 3.44. The van der Waals surface area contributed by atoms with Crippen LogP contribution in [0.3, 0.4) is 0 Å². The van der Waals surface area contributed by atoms with Gasteiger partial charge < -0.3 is 9.57 Å². The van der Waals surface area contributed by atoms with Crippen LogP contribution in [0.15, 0.2) is 35.0 Å². The average Bonchev–Trinajstić information content (AvgIpc) is 2.97. The Morgan fingerprint density at radius 3 is 2.57 bits per heavy atom. The Balaban J connectivity index is 2.09. The number of hydrogen-bond donors (Lipinski definition) is 1. The van der Waals surface area contributed by atoms with Gasteiger partial charge in [-0.05, 0) is 40.9 Å². The molecule has 0 saturated carbocycles. The largest absolute Gasteiger partial charge is 0.493 e. The highest BCUT2D eigenvalue weighted by Gasteiger charge is 2.42. The van der Waals surface area contributed by atoms with Crippen LogP contribution in [0.25, 0.3) is 11.1 Å². The first-order valence-electron chi connectivity index (χ1n) is 6.16. The molecule has 0 aliphatic rings. The lowest BCUT2D eigenvalue weighted by atomic mass is 10.1. The molecule has 0 aliphatic carbocycles. The first-order valence-corrected chi connectivity index (χ1v) is 7.10. The second-order valence-electron chi connectivity index (χ2n) is 4.39. The summed E-state index contributed by atoms with van der Waals surface area (Å²) in [5.74, 6) is -2.42. The van der Waals surface area contributed by atoms with E-state index in [0.717, 1.165) is 11.1 Å². The number of ether oxygens (including phenoxy) is 1. The summed E-state index contributed by atoms with van der Waals surface area (Å²) < 4.78 is 40.8. The summed E-state index contributed by atoms with van der Waals surface area (Å²) in [6.07, 6.45) is -6.55. The van der Waals surface area contributed by atoms with Crippen LogP contribution in [-0.2, 0) is 9.63 Å². The minimum Gasteiger partial charge on any atom is -0.408 e. The zero-order chi connectivity index (χ0) is 17.0. The van der Waals surface area contributed by atoms with Crippen molar-refractivity contribution in [2.24, 2.45) is 0 Å². The van der Waals surface area contributed by atoms with Crippen LogP contribution in [0.2, 0.25) is 0 Å². The van der Waals surface area contributed by atoms with Crippen molar-refractivity contribution < 1.29 is 32.3 Å². The number of hydroxylamine groups is 1. The molecule has 1 aromatic carbocycles. The summed E-state index contributed by atoms with van der Waals surface area (Å²) in [6.45, 7) is 1.76. The van der Waals surface area contributed by atoms with Crippen molar-refractivity contribution in [2.75, 3.05) is 0 Å². The Morgan fingerprint density at radius 1 is 1.22 bits per heavy atom. The second kappa shape index (κ2) is 6.69. The molecule has 0 atom stereocenters. The molecule has 1 heterocycles. The van der Waals surface area contributed by atoms with E-state index >= 15 is 0 Å². The third-order valence-electron chi connectivity index (χ3n) is 2.63. The number of thiophene rings is 1. The minimum absolute atomic E-state index is 0.129. The summed E-state index contributed by atoms with van der Waals surface area (Å²) in [5, 5.41) is 3.64. The number of carbonyl (C=O) groups excluding carboxylic acids is 2. The van der Waals surface area contributed by atoms with E-state index in [1.54, 1.807) is 25.1 Å². The Kier molecular flexibility index (Phi) is 4.89. The lowest BCUT2D eigenvalue weighted by Crippen LogP contribution is -2.36. The topological polar surface area (TPSA) is 64.6 Å². The molecule has 0 spiro atoms. The zero-order valence-electron chi connectivity index (χ0n) is 11.6. The number of benzene rings is 1. The van der Waals surface area contributed by atoms with Gasteiger partial charge in [-0.3, -0.25) is 0 Å². The molecule has 0 aliphatic heterocycles. The third kappa shape index (κ3) is 4.46. The van der Waals surface area contributed by atoms with Crippen molar-refractivity contribution in [2.45, 2.75) is 13.1 Å². The van der Waals surface area contributed by atoms with Crippen LogP contribution in [-0.4, -0.2) is 18.2 Å². The number of hydrogen-bond acceptors (Lipinski definition) is 5. The highest BCUT2D eigenvalue weighted by molar-refractivity contribution is 7.08. The Hall–Kier alpha value is -2.55. The minimum atomic E-state index is -5.21. The number of amides is 1. The molecule has 1 aromatic heterocycles. The molecule has 1 amide bonds. The van der Waals surface area contributed by atoms with Gasteiger partial charge >= 0.3 is 18.2 Å². The normalized spacial score (nSPS) is 11.0. The van der Waals surface area contributed by atoms with Crippen LogP contribution in [0.1, 0.15) is 5.56 Å². The maximum atomic E-state index is 12.0. The van der Waals surface area contributed by atoms with Crippen LogP contribution < -0.4 is 10.2 Å². The Bertz CT molecular complexity index is 713. The number of halogens is 3. The van der Waals surface area contributed by atoms with Gasteiger partial charge in [-0.25, -0.2) is 9.59 Å². The smallest absolute Gasteiger partial charge is 0.408 e. The monoisotopic (exact) mass is 345 g/mol. The Morgan fingerprint density at radius 2 is 1.96 bits per heavy atom. The second-order valence-corrected chi connectivity index (χ2v) is 5.17. The van der Waals surface area contributed by atoms with Gasteiger partial charge in [0.15, 0.2) is 0 Å². The zero-order valence-corrected chi connectivity index (χ0v) is 12.5. The van der Waals surface area contributed by atoms with Crippen LogP contribution >= 0.6 is 11.3 Å². The van der Waals surface area contributed by atoms with E-state index in [-0.39, 0.29) is 5.75 Å². The van der Waals surface area contributed by atoms with E-state index < -0.39 is 18.2 Å². The number of alkyl halides is 3. The molecule has 0 bridgehead atoms. The molecule has 9 heteroatoms. The lowest BCUT2D eigenvalue weighted by Gasteiger charge is -2.11. The van der Waals surface area contributed by atoms with Gasteiger partial charge in [0, 0.05) is 5.56 Å². The van der Waals surface area contributed by atoms with E-state index in [0.29, 0.717) is 5.56 Å². The van der Waals surface area contributed by atoms with E-state index in [1.807, 2.05) is 10.8 Å². The summed E-state index contributed by atoms with van der Waals surface area (Å²) in [6, 6.07) is 6.84. The molecule has 23 heavy (non-hydrogen) atoms. The molecule has 5 nitrogen and oxygen atoms in total. The molecular formula is C14H10F3NO4S. The lowest BCUT2D eigenvalue weighted by molar-refractivity contribution is -0.205. The van der Waals surface area contributed by atoms with E-state index in [4.69, 9.17) is 4.74 Å². The molecule has 2 rings (SSSR count). The highest BCUT2D eigenvalue weighted by atomic mass is 32.1. The van der Waals surface area contributed by atoms with Crippen molar-refractivity contribution in [1.29, 1.82) is 0 Å². The van der Waals surface area contributed by atoms with Crippen molar-refractivity contribution in [3.05, 3.63) is 40.6 Å². The highest BCUT2D eigenvalue weighted by Crippen LogP contribution is 2.32. The Labute approximate surface area is 132 Å². The fourth-order valence-corrected chi connectivity index (χ4v) is 2.29. The van der Waals surface area contributed by atoms with Gasteiger partial charge in [0.1, 0.15) is 5.75 Å². The third-order valence-corrected chi connectivity index (χ3v) is 3.31. The predicted octanol–water partition coefficient (Wildman–Crippen LogP) is 3.83. The van der Waals surface area contributed by atoms with Crippen molar-refractivity contribution >= 4 is 23.4 Å². The number of aryl methyl sites for hydroxylation is 1. The number of rotatable bonds is 2. The number of carbonyl (C=O) groups is 2. The SMILES string of the molecule is Cc1ccc(-c2ccsc2)c(OC(=O)NOC(=O)C(F)(F)F)c1. The van der Waals surface area contributed by atoms with Crippen molar-refractivity contribution in [3.8, 4) is 16.9 Å². The first kappa shape index (κ1) is 16.8. The van der Waals surface area contributed by atoms with Gasteiger partial charge in [-0.2, -0.15) is 24.5 Å². The fraction of sp³-hybridized carbons (Fsp3) is 0.143. The van der Waals surface area contributed by atoms with Crippen LogP contribution in [0.5, 0.6) is 5.75 Å². The van der Waals surface area contributed by atoms with Gasteiger partial charge in [-0.1, -0.05) is 12.1 Å². The quantitative estimate of drug-likeness (QED) is 0.840. The molecule has 0 radical (unpaired) electrons. The maximum Gasteiger partial charge on any atom is 0.493 e.